The Morgan fingerprint density at radius 1 is 1.05 bits per heavy atom. The van der Waals surface area contributed by atoms with Gasteiger partial charge in [-0.15, -0.1) is 0 Å². The fourth-order valence-corrected chi connectivity index (χ4v) is 2.96. The summed E-state index contributed by atoms with van der Waals surface area (Å²) < 4.78 is 0. The fourth-order valence-electron chi connectivity index (χ4n) is 2.96. The highest BCUT2D eigenvalue weighted by atomic mass is 15.2. The molecule has 98 valence electrons. The van der Waals surface area contributed by atoms with Crippen molar-refractivity contribution >= 4 is 5.69 Å². The van der Waals surface area contributed by atoms with Gasteiger partial charge in [-0.3, -0.25) is 0 Å². The number of rotatable bonds is 3. The maximum absolute atomic E-state index is 5.74. The summed E-state index contributed by atoms with van der Waals surface area (Å²) in [6.45, 7) is 1.74. The molecular weight excluding hydrogens is 232 g/mol. The van der Waals surface area contributed by atoms with Crippen LogP contribution in [0.4, 0.5) is 5.69 Å². The van der Waals surface area contributed by atoms with E-state index in [0.717, 1.165) is 6.54 Å². The number of benzene rings is 2. The highest BCUT2D eigenvalue weighted by Gasteiger charge is 2.25. The molecule has 0 radical (unpaired) electrons. The predicted molar refractivity (Wildman–Crippen MR) is 80.1 cm³/mol. The van der Waals surface area contributed by atoms with Crippen LogP contribution >= 0.6 is 0 Å². The lowest BCUT2D eigenvalue weighted by Crippen LogP contribution is -2.22. The molecule has 1 saturated heterocycles. The van der Waals surface area contributed by atoms with Crippen molar-refractivity contribution in [2.24, 2.45) is 5.73 Å². The van der Waals surface area contributed by atoms with Gasteiger partial charge >= 0.3 is 0 Å². The van der Waals surface area contributed by atoms with Gasteiger partial charge in [0.05, 0.1) is 6.04 Å². The lowest BCUT2D eigenvalue weighted by Gasteiger charge is -2.27. The third kappa shape index (κ3) is 2.49. The van der Waals surface area contributed by atoms with Crippen LogP contribution in [0.25, 0.3) is 0 Å². The van der Waals surface area contributed by atoms with E-state index in [0.29, 0.717) is 12.6 Å². The third-order valence-corrected chi connectivity index (χ3v) is 3.92. The normalized spacial score (nSPS) is 18.8. The van der Waals surface area contributed by atoms with Crippen molar-refractivity contribution in [2.75, 3.05) is 11.4 Å². The van der Waals surface area contributed by atoms with E-state index in [-0.39, 0.29) is 0 Å². The summed E-state index contributed by atoms with van der Waals surface area (Å²) in [5.74, 6) is 0. The number of hydrogen-bond donors (Lipinski definition) is 1. The summed E-state index contributed by atoms with van der Waals surface area (Å²) in [6, 6.07) is 19.9. The first-order chi connectivity index (χ1) is 9.38. The van der Waals surface area contributed by atoms with E-state index in [9.17, 15) is 0 Å². The Hall–Kier alpha value is -1.80. The van der Waals surface area contributed by atoms with Crippen LogP contribution in [0.5, 0.6) is 0 Å². The molecule has 1 aliphatic rings. The van der Waals surface area contributed by atoms with Gasteiger partial charge in [0.25, 0.3) is 0 Å². The molecule has 2 nitrogen and oxygen atoms in total. The Morgan fingerprint density at radius 3 is 2.68 bits per heavy atom. The molecule has 1 unspecified atom stereocenters. The molecular formula is C17H20N2. The molecule has 0 spiro atoms. The SMILES string of the molecule is NCc1cccc(N2CCCC2c2ccccc2)c1. The van der Waals surface area contributed by atoms with Gasteiger partial charge in [0, 0.05) is 18.8 Å². The van der Waals surface area contributed by atoms with E-state index in [2.05, 4.69) is 59.5 Å². The second-order valence-corrected chi connectivity index (χ2v) is 5.14. The average Bonchev–Trinajstić information content (AvgIpc) is 2.98. The molecule has 2 aromatic rings. The Labute approximate surface area is 114 Å². The summed E-state index contributed by atoms with van der Waals surface area (Å²) >= 11 is 0. The molecule has 1 fully saturated rings. The molecule has 2 aromatic carbocycles. The molecule has 1 atom stereocenters. The Morgan fingerprint density at radius 2 is 1.89 bits per heavy atom. The Bertz CT molecular complexity index is 536. The standard InChI is InChI=1S/C17H20N2/c18-13-14-6-4-9-16(12-14)19-11-5-10-17(19)15-7-2-1-3-8-15/h1-4,6-9,12,17H,5,10-11,13,18H2. The van der Waals surface area contributed by atoms with Crippen molar-refractivity contribution in [2.45, 2.75) is 25.4 Å². The topological polar surface area (TPSA) is 29.3 Å². The van der Waals surface area contributed by atoms with Crippen molar-refractivity contribution in [1.29, 1.82) is 0 Å². The zero-order chi connectivity index (χ0) is 13.1. The van der Waals surface area contributed by atoms with Gasteiger partial charge in [0.1, 0.15) is 0 Å². The Kier molecular flexibility index (Phi) is 3.51. The first kappa shape index (κ1) is 12.2. The maximum Gasteiger partial charge on any atom is 0.0543 e. The minimum atomic E-state index is 0.509. The third-order valence-electron chi connectivity index (χ3n) is 3.92. The summed E-state index contributed by atoms with van der Waals surface area (Å²) in [4.78, 5) is 2.51. The molecule has 0 bridgehead atoms. The van der Waals surface area contributed by atoms with E-state index in [1.54, 1.807) is 0 Å². The van der Waals surface area contributed by atoms with E-state index in [1.165, 1.54) is 29.7 Å². The molecule has 0 amide bonds. The van der Waals surface area contributed by atoms with Crippen LogP contribution in [0.1, 0.15) is 30.0 Å². The lowest BCUT2D eigenvalue weighted by atomic mass is 10.0. The second kappa shape index (κ2) is 5.45. The van der Waals surface area contributed by atoms with Gasteiger partial charge in [-0.05, 0) is 36.1 Å². The minimum Gasteiger partial charge on any atom is -0.364 e. The van der Waals surface area contributed by atoms with Crippen LogP contribution in [-0.2, 0) is 6.54 Å². The molecule has 1 aliphatic heterocycles. The van der Waals surface area contributed by atoms with Crippen LogP contribution in [0.2, 0.25) is 0 Å². The second-order valence-electron chi connectivity index (χ2n) is 5.14. The molecule has 2 N–H and O–H groups in total. The van der Waals surface area contributed by atoms with Gasteiger partial charge in [0.2, 0.25) is 0 Å². The van der Waals surface area contributed by atoms with Gasteiger partial charge in [-0.2, -0.15) is 0 Å². The maximum atomic E-state index is 5.74. The molecule has 1 heterocycles. The van der Waals surface area contributed by atoms with Crippen LogP contribution in [0, 0.1) is 0 Å². The quantitative estimate of drug-likeness (QED) is 0.906. The summed E-state index contributed by atoms with van der Waals surface area (Å²) in [6.07, 6.45) is 2.49. The van der Waals surface area contributed by atoms with Crippen LogP contribution in [0.3, 0.4) is 0 Å². The molecule has 3 rings (SSSR count). The molecule has 2 heteroatoms. The smallest absolute Gasteiger partial charge is 0.0543 e. The van der Waals surface area contributed by atoms with Crippen molar-refractivity contribution in [3.05, 3.63) is 65.7 Å². The van der Waals surface area contributed by atoms with Gasteiger partial charge in [0.15, 0.2) is 0 Å². The summed E-state index contributed by atoms with van der Waals surface area (Å²) in [7, 11) is 0. The van der Waals surface area contributed by atoms with Crippen molar-refractivity contribution in [3.63, 3.8) is 0 Å². The van der Waals surface area contributed by atoms with Crippen molar-refractivity contribution < 1.29 is 0 Å². The monoisotopic (exact) mass is 252 g/mol. The van der Waals surface area contributed by atoms with Gasteiger partial charge in [-0.1, -0.05) is 42.5 Å². The van der Waals surface area contributed by atoms with Crippen molar-refractivity contribution in [3.8, 4) is 0 Å². The van der Waals surface area contributed by atoms with Crippen LogP contribution in [0.15, 0.2) is 54.6 Å². The van der Waals surface area contributed by atoms with E-state index in [4.69, 9.17) is 5.73 Å². The highest BCUT2D eigenvalue weighted by molar-refractivity contribution is 5.52. The van der Waals surface area contributed by atoms with Gasteiger partial charge in [-0.25, -0.2) is 0 Å². The fraction of sp³-hybridized carbons (Fsp3) is 0.294. The van der Waals surface area contributed by atoms with Crippen LogP contribution < -0.4 is 10.6 Å². The molecule has 0 aromatic heterocycles. The summed E-state index contributed by atoms with van der Waals surface area (Å²) in [5, 5.41) is 0. The van der Waals surface area contributed by atoms with E-state index < -0.39 is 0 Å². The molecule has 0 saturated carbocycles. The first-order valence-electron chi connectivity index (χ1n) is 6.99. The minimum absolute atomic E-state index is 0.509. The largest absolute Gasteiger partial charge is 0.364 e. The number of hydrogen-bond acceptors (Lipinski definition) is 2. The van der Waals surface area contributed by atoms with Gasteiger partial charge < -0.3 is 10.6 Å². The molecule has 19 heavy (non-hydrogen) atoms. The van der Waals surface area contributed by atoms with Crippen LogP contribution in [-0.4, -0.2) is 6.54 Å². The zero-order valence-electron chi connectivity index (χ0n) is 11.1. The first-order valence-corrected chi connectivity index (χ1v) is 6.99. The average molecular weight is 252 g/mol. The Balaban J connectivity index is 1.90. The van der Waals surface area contributed by atoms with Crippen molar-refractivity contribution in [1.82, 2.24) is 0 Å². The van der Waals surface area contributed by atoms with E-state index >= 15 is 0 Å². The summed E-state index contributed by atoms with van der Waals surface area (Å²) in [5.41, 5.74) is 9.66. The predicted octanol–water partition coefficient (Wildman–Crippen LogP) is 3.49. The lowest BCUT2D eigenvalue weighted by molar-refractivity contribution is 0.719. The van der Waals surface area contributed by atoms with E-state index in [1.807, 2.05) is 0 Å². The number of nitrogens with zero attached hydrogens (tertiary/aromatic N) is 1. The highest BCUT2D eigenvalue weighted by Crippen LogP contribution is 2.36. The molecule has 0 aliphatic carbocycles. The number of nitrogens with two attached hydrogens (primary N) is 1. The zero-order valence-corrected chi connectivity index (χ0v) is 11.1. The number of anilines is 1.